The Morgan fingerprint density at radius 2 is 2.23 bits per heavy atom. The highest BCUT2D eigenvalue weighted by atomic mass is 19.1. The molecule has 1 aromatic carbocycles. The molecule has 0 amide bonds. The monoisotopic (exact) mass is 177 g/mol. The Morgan fingerprint density at radius 1 is 1.38 bits per heavy atom. The first-order valence-electron chi connectivity index (χ1n) is 3.90. The van der Waals surface area contributed by atoms with Gasteiger partial charge in [-0.05, 0) is 18.6 Å². The number of halogens is 1. The average Bonchev–Trinajstić information content (AvgIpc) is 2.62. The van der Waals surface area contributed by atoms with Gasteiger partial charge in [0.25, 0.3) is 0 Å². The van der Waals surface area contributed by atoms with Gasteiger partial charge in [-0.2, -0.15) is 5.10 Å². The zero-order valence-corrected chi connectivity index (χ0v) is 7.08. The lowest BCUT2D eigenvalue weighted by molar-refractivity contribution is 0.621. The van der Waals surface area contributed by atoms with Crippen molar-refractivity contribution >= 4 is 0 Å². The van der Waals surface area contributed by atoms with Crippen molar-refractivity contribution < 1.29 is 4.39 Å². The first kappa shape index (κ1) is 7.91. The van der Waals surface area contributed by atoms with Gasteiger partial charge in [0.2, 0.25) is 0 Å². The summed E-state index contributed by atoms with van der Waals surface area (Å²) in [5, 5.41) is 6.29. The van der Waals surface area contributed by atoms with Crippen LogP contribution in [-0.2, 0) is 0 Å². The molecule has 0 radical (unpaired) electrons. The summed E-state index contributed by atoms with van der Waals surface area (Å²) < 4.78 is 13.5. The highest BCUT2D eigenvalue weighted by Crippen LogP contribution is 2.20. The minimum absolute atomic E-state index is 0.251. The van der Waals surface area contributed by atoms with Crippen LogP contribution in [0.15, 0.2) is 24.5 Å². The van der Waals surface area contributed by atoms with Crippen LogP contribution in [0.1, 0.15) is 5.56 Å². The summed E-state index contributed by atoms with van der Waals surface area (Å²) in [4.78, 5) is 3.88. The molecule has 0 atom stereocenters. The van der Waals surface area contributed by atoms with E-state index in [-0.39, 0.29) is 5.82 Å². The summed E-state index contributed by atoms with van der Waals surface area (Å²) in [6.07, 6.45) is 1.36. The molecule has 4 heteroatoms. The number of nitrogens with one attached hydrogen (secondary N) is 1. The van der Waals surface area contributed by atoms with Gasteiger partial charge in [-0.1, -0.05) is 12.1 Å². The second-order valence-electron chi connectivity index (χ2n) is 2.77. The highest BCUT2D eigenvalue weighted by Gasteiger charge is 2.08. The topological polar surface area (TPSA) is 41.6 Å². The van der Waals surface area contributed by atoms with Crippen LogP contribution in [0.25, 0.3) is 11.4 Å². The van der Waals surface area contributed by atoms with Crippen molar-refractivity contribution in [2.75, 3.05) is 0 Å². The molecule has 13 heavy (non-hydrogen) atoms. The Bertz CT molecular complexity index is 409. The van der Waals surface area contributed by atoms with E-state index in [0.29, 0.717) is 17.0 Å². The summed E-state index contributed by atoms with van der Waals surface area (Å²) in [6, 6.07) is 5.17. The van der Waals surface area contributed by atoms with Crippen LogP contribution >= 0.6 is 0 Å². The second-order valence-corrected chi connectivity index (χ2v) is 2.77. The normalized spacial score (nSPS) is 10.3. The maximum atomic E-state index is 13.5. The van der Waals surface area contributed by atoms with E-state index in [1.54, 1.807) is 25.1 Å². The lowest BCUT2D eigenvalue weighted by Gasteiger charge is -2.00. The van der Waals surface area contributed by atoms with E-state index >= 15 is 0 Å². The standard InChI is InChI=1S/C9H8FN3/c1-6-3-2-4-7(8(6)10)9-11-5-12-13-9/h2-5H,1H3,(H,11,12,13). The molecule has 0 fully saturated rings. The zero-order chi connectivity index (χ0) is 9.26. The average molecular weight is 177 g/mol. The smallest absolute Gasteiger partial charge is 0.158 e. The van der Waals surface area contributed by atoms with Crippen molar-refractivity contribution in [2.45, 2.75) is 6.92 Å². The molecule has 0 spiro atoms. The lowest BCUT2D eigenvalue weighted by Crippen LogP contribution is -1.89. The van der Waals surface area contributed by atoms with E-state index in [1.807, 2.05) is 0 Å². The van der Waals surface area contributed by atoms with Crippen LogP contribution < -0.4 is 0 Å². The van der Waals surface area contributed by atoms with Crippen molar-refractivity contribution in [2.24, 2.45) is 0 Å². The molecule has 66 valence electrons. The van der Waals surface area contributed by atoms with E-state index in [4.69, 9.17) is 0 Å². The molecule has 3 nitrogen and oxygen atoms in total. The highest BCUT2D eigenvalue weighted by molar-refractivity contribution is 5.56. The fraction of sp³-hybridized carbons (Fsp3) is 0.111. The fourth-order valence-corrected chi connectivity index (χ4v) is 1.17. The van der Waals surface area contributed by atoms with Crippen LogP contribution in [0, 0.1) is 12.7 Å². The molecule has 1 heterocycles. The van der Waals surface area contributed by atoms with Gasteiger partial charge in [0, 0.05) is 0 Å². The van der Waals surface area contributed by atoms with Gasteiger partial charge in [-0.25, -0.2) is 9.37 Å². The molecule has 0 aliphatic heterocycles. The van der Waals surface area contributed by atoms with Crippen molar-refractivity contribution in [3.8, 4) is 11.4 Å². The maximum Gasteiger partial charge on any atom is 0.158 e. The number of aromatic amines is 1. The van der Waals surface area contributed by atoms with Crippen molar-refractivity contribution in [1.82, 2.24) is 15.2 Å². The van der Waals surface area contributed by atoms with Crippen molar-refractivity contribution in [1.29, 1.82) is 0 Å². The van der Waals surface area contributed by atoms with Gasteiger partial charge in [0.15, 0.2) is 5.82 Å². The third-order valence-electron chi connectivity index (χ3n) is 1.86. The number of hydrogen-bond donors (Lipinski definition) is 1. The first-order valence-corrected chi connectivity index (χ1v) is 3.90. The minimum atomic E-state index is -0.251. The molecule has 2 rings (SSSR count). The van der Waals surface area contributed by atoms with E-state index in [0.717, 1.165) is 0 Å². The predicted octanol–water partition coefficient (Wildman–Crippen LogP) is 1.92. The Balaban J connectivity index is 2.59. The summed E-state index contributed by atoms with van der Waals surface area (Å²) in [5.74, 6) is 0.209. The summed E-state index contributed by atoms with van der Waals surface area (Å²) >= 11 is 0. The second kappa shape index (κ2) is 2.97. The van der Waals surface area contributed by atoms with E-state index in [1.165, 1.54) is 6.33 Å². The molecule has 0 saturated carbocycles. The Kier molecular flexibility index (Phi) is 1.81. The zero-order valence-electron chi connectivity index (χ0n) is 7.08. The van der Waals surface area contributed by atoms with Crippen LogP contribution in [0.2, 0.25) is 0 Å². The molecule has 1 aromatic heterocycles. The SMILES string of the molecule is Cc1cccc(-c2ncn[nH]2)c1F. The molecule has 1 N–H and O–H groups in total. The van der Waals surface area contributed by atoms with Gasteiger partial charge in [-0.3, -0.25) is 5.10 Å². The van der Waals surface area contributed by atoms with Gasteiger partial charge in [0.1, 0.15) is 12.1 Å². The summed E-state index contributed by atoms with van der Waals surface area (Å²) in [5.41, 5.74) is 1.06. The molecule has 2 aromatic rings. The van der Waals surface area contributed by atoms with E-state index in [2.05, 4.69) is 15.2 Å². The number of rotatable bonds is 1. The van der Waals surface area contributed by atoms with Crippen molar-refractivity contribution in [3.63, 3.8) is 0 Å². The third-order valence-corrected chi connectivity index (χ3v) is 1.86. The molecular formula is C9H8FN3. The van der Waals surface area contributed by atoms with Crippen LogP contribution in [0.3, 0.4) is 0 Å². The van der Waals surface area contributed by atoms with E-state index < -0.39 is 0 Å². The van der Waals surface area contributed by atoms with Gasteiger partial charge in [-0.15, -0.1) is 0 Å². The number of aryl methyl sites for hydroxylation is 1. The molecular weight excluding hydrogens is 169 g/mol. The first-order chi connectivity index (χ1) is 6.29. The van der Waals surface area contributed by atoms with Gasteiger partial charge in [0.05, 0.1) is 5.56 Å². The number of hydrogen-bond acceptors (Lipinski definition) is 2. The molecule has 0 bridgehead atoms. The van der Waals surface area contributed by atoms with Crippen LogP contribution in [0.5, 0.6) is 0 Å². The lowest BCUT2D eigenvalue weighted by atomic mass is 10.1. The molecule has 0 aliphatic carbocycles. The van der Waals surface area contributed by atoms with Gasteiger partial charge >= 0.3 is 0 Å². The minimum Gasteiger partial charge on any atom is -0.259 e. The van der Waals surface area contributed by atoms with Crippen LogP contribution in [-0.4, -0.2) is 15.2 Å². The van der Waals surface area contributed by atoms with E-state index in [9.17, 15) is 4.39 Å². The Hall–Kier alpha value is -1.71. The third kappa shape index (κ3) is 1.30. The largest absolute Gasteiger partial charge is 0.259 e. The maximum absolute atomic E-state index is 13.5. The quantitative estimate of drug-likeness (QED) is 0.723. The predicted molar refractivity (Wildman–Crippen MR) is 46.5 cm³/mol. The Labute approximate surface area is 74.6 Å². The Morgan fingerprint density at radius 3 is 2.92 bits per heavy atom. The van der Waals surface area contributed by atoms with Crippen molar-refractivity contribution in [3.05, 3.63) is 35.9 Å². The number of H-pyrrole nitrogens is 1. The molecule has 0 unspecified atom stereocenters. The molecule has 0 saturated heterocycles. The number of nitrogens with zero attached hydrogens (tertiary/aromatic N) is 2. The summed E-state index contributed by atoms with van der Waals surface area (Å²) in [6.45, 7) is 1.72. The summed E-state index contributed by atoms with van der Waals surface area (Å²) in [7, 11) is 0. The number of aromatic nitrogens is 3. The van der Waals surface area contributed by atoms with Gasteiger partial charge < -0.3 is 0 Å². The van der Waals surface area contributed by atoms with Crippen LogP contribution in [0.4, 0.5) is 4.39 Å². The molecule has 0 aliphatic rings. The number of benzene rings is 1. The fourth-order valence-electron chi connectivity index (χ4n) is 1.17.